The molecular formula is C27H27ClFN3O3. The van der Waals surface area contributed by atoms with E-state index in [1.54, 1.807) is 25.1 Å². The predicted octanol–water partition coefficient (Wildman–Crippen LogP) is 6.13. The smallest absolute Gasteiger partial charge is 0.336 e. The maximum Gasteiger partial charge on any atom is 0.336 e. The van der Waals surface area contributed by atoms with Crippen LogP contribution in [0.25, 0.3) is 16.5 Å². The number of carboxylic acid groups (broad SMARTS) is 1. The SMILES string of the molecule is CC.CCn1ccc2cc(C3=CC4N=C(Oc5ccc(C)c(C(=O)O)c5)NC4C=C3Cl)c(F)cc21. The summed E-state index contributed by atoms with van der Waals surface area (Å²) in [5, 5.41) is 13.8. The topological polar surface area (TPSA) is 75.9 Å². The van der Waals surface area contributed by atoms with Gasteiger partial charge in [0.1, 0.15) is 11.6 Å². The number of benzene rings is 2. The predicted molar refractivity (Wildman–Crippen MR) is 138 cm³/mol. The monoisotopic (exact) mass is 495 g/mol. The van der Waals surface area contributed by atoms with Crippen molar-refractivity contribution >= 4 is 40.1 Å². The molecule has 6 nitrogen and oxygen atoms in total. The summed E-state index contributed by atoms with van der Waals surface area (Å²) in [6.45, 7) is 8.49. The van der Waals surface area contributed by atoms with E-state index in [-0.39, 0.29) is 29.5 Å². The molecule has 182 valence electrons. The van der Waals surface area contributed by atoms with Gasteiger partial charge in [0.2, 0.25) is 0 Å². The Morgan fingerprint density at radius 2 is 2.00 bits per heavy atom. The van der Waals surface area contributed by atoms with Crippen molar-refractivity contribution in [3.05, 3.63) is 82.3 Å². The number of aromatic nitrogens is 1. The summed E-state index contributed by atoms with van der Waals surface area (Å²) in [4.78, 5) is 15.9. The van der Waals surface area contributed by atoms with Crippen molar-refractivity contribution in [2.75, 3.05) is 0 Å². The summed E-state index contributed by atoms with van der Waals surface area (Å²) in [5.74, 6) is -1.01. The number of carbonyl (C=O) groups is 1. The first-order chi connectivity index (χ1) is 16.8. The zero-order valence-corrected chi connectivity index (χ0v) is 20.7. The number of fused-ring (bicyclic) bond motifs is 2. The Hall–Kier alpha value is -3.58. The Morgan fingerprint density at radius 3 is 2.71 bits per heavy atom. The molecule has 2 aliphatic rings. The van der Waals surface area contributed by atoms with E-state index in [0.717, 1.165) is 17.4 Å². The second-order valence-corrected chi connectivity index (χ2v) is 8.47. The summed E-state index contributed by atoms with van der Waals surface area (Å²) < 4.78 is 22.8. The van der Waals surface area contributed by atoms with Gasteiger partial charge >= 0.3 is 5.97 Å². The molecule has 1 aliphatic heterocycles. The lowest BCUT2D eigenvalue weighted by atomic mass is 9.93. The maximum absolute atomic E-state index is 15.1. The fourth-order valence-corrected chi connectivity index (χ4v) is 4.54. The second-order valence-electron chi connectivity index (χ2n) is 8.07. The van der Waals surface area contributed by atoms with Gasteiger partial charge in [-0.15, -0.1) is 0 Å². The molecule has 2 aromatic carbocycles. The van der Waals surface area contributed by atoms with Crippen LogP contribution in [0.5, 0.6) is 5.75 Å². The van der Waals surface area contributed by atoms with Gasteiger partial charge in [-0.2, -0.15) is 0 Å². The average molecular weight is 496 g/mol. The van der Waals surface area contributed by atoms with Crippen LogP contribution in [-0.2, 0) is 6.54 Å². The molecule has 2 atom stereocenters. The van der Waals surface area contributed by atoms with E-state index in [1.165, 1.54) is 12.1 Å². The summed E-state index contributed by atoms with van der Waals surface area (Å²) in [6.07, 6.45) is 5.56. The molecule has 2 unspecified atom stereocenters. The van der Waals surface area contributed by atoms with Crippen molar-refractivity contribution in [2.24, 2.45) is 4.99 Å². The number of nitrogens with zero attached hydrogens (tertiary/aromatic N) is 2. The molecule has 2 N–H and O–H groups in total. The largest absolute Gasteiger partial charge is 0.478 e. The molecule has 3 aromatic rings. The minimum Gasteiger partial charge on any atom is -0.478 e. The van der Waals surface area contributed by atoms with Gasteiger partial charge in [-0.3, -0.25) is 0 Å². The van der Waals surface area contributed by atoms with E-state index in [4.69, 9.17) is 16.3 Å². The number of rotatable bonds is 4. The Kier molecular flexibility index (Phi) is 6.98. The average Bonchev–Trinajstić information content (AvgIpc) is 3.42. The molecule has 0 spiro atoms. The van der Waals surface area contributed by atoms with Crippen molar-refractivity contribution in [2.45, 2.75) is 46.3 Å². The Labute approximate surface area is 208 Å². The van der Waals surface area contributed by atoms with Crippen LogP contribution in [0.4, 0.5) is 4.39 Å². The summed E-state index contributed by atoms with van der Waals surface area (Å²) in [5.41, 5.74) is 2.64. The first kappa shape index (κ1) is 24.5. The number of ether oxygens (including phenoxy) is 1. The van der Waals surface area contributed by atoms with Gasteiger partial charge in [0.25, 0.3) is 6.02 Å². The van der Waals surface area contributed by atoms with E-state index < -0.39 is 5.97 Å². The highest BCUT2D eigenvalue weighted by atomic mass is 35.5. The lowest BCUT2D eigenvalue weighted by Gasteiger charge is -2.21. The minimum absolute atomic E-state index is 0.163. The van der Waals surface area contributed by atoms with Crippen LogP contribution in [0.3, 0.4) is 0 Å². The Morgan fingerprint density at radius 1 is 1.23 bits per heavy atom. The number of amidine groups is 1. The molecule has 1 aliphatic carbocycles. The van der Waals surface area contributed by atoms with Gasteiger partial charge < -0.3 is 19.7 Å². The molecule has 0 amide bonds. The third kappa shape index (κ3) is 4.68. The number of aliphatic imine (C=N–C) groups is 1. The zero-order valence-electron chi connectivity index (χ0n) is 20.0. The van der Waals surface area contributed by atoms with Crippen LogP contribution in [0.1, 0.15) is 42.3 Å². The molecule has 1 aromatic heterocycles. The van der Waals surface area contributed by atoms with Gasteiger partial charge in [0, 0.05) is 34.3 Å². The second kappa shape index (κ2) is 9.96. The van der Waals surface area contributed by atoms with Crippen LogP contribution >= 0.6 is 11.6 Å². The summed E-state index contributed by atoms with van der Waals surface area (Å²) in [7, 11) is 0. The zero-order chi connectivity index (χ0) is 25.3. The highest BCUT2D eigenvalue weighted by Gasteiger charge is 2.32. The number of halogens is 2. The van der Waals surface area contributed by atoms with Gasteiger partial charge in [-0.25, -0.2) is 14.2 Å². The van der Waals surface area contributed by atoms with Crippen LogP contribution in [0.15, 0.2) is 64.8 Å². The van der Waals surface area contributed by atoms with Crippen LogP contribution in [-0.4, -0.2) is 33.7 Å². The van der Waals surface area contributed by atoms with Crippen molar-refractivity contribution < 1.29 is 19.0 Å². The summed E-state index contributed by atoms with van der Waals surface area (Å²) >= 11 is 6.54. The first-order valence-electron chi connectivity index (χ1n) is 11.6. The number of carboxylic acids is 1. The Balaban J connectivity index is 0.00000141. The van der Waals surface area contributed by atoms with E-state index in [1.807, 2.05) is 49.7 Å². The van der Waals surface area contributed by atoms with Crippen LogP contribution < -0.4 is 10.1 Å². The quantitative estimate of drug-likeness (QED) is 0.456. The van der Waals surface area contributed by atoms with Crippen molar-refractivity contribution in [1.29, 1.82) is 0 Å². The van der Waals surface area contributed by atoms with E-state index >= 15 is 4.39 Å². The number of hydrogen-bond donors (Lipinski definition) is 2. The first-order valence-corrected chi connectivity index (χ1v) is 12.0. The third-order valence-electron chi connectivity index (χ3n) is 5.99. The lowest BCUT2D eigenvalue weighted by molar-refractivity contribution is 0.0695. The summed E-state index contributed by atoms with van der Waals surface area (Å²) in [6, 6.07) is 9.80. The number of aromatic carboxylic acids is 1. The third-order valence-corrected chi connectivity index (χ3v) is 6.32. The fourth-order valence-electron chi connectivity index (χ4n) is 4.24. The van der Waals surface area contributed by atoms with E-state index in [0.29, 0.717) is 27.5 Å². The normalized spacial score (nSPS) is 18.5. The maximum atomic E-state index is 15.1. The molecule has 35 heavy (non-hydrogen) atoms. The minimum atomic E-state index is -1.02. The highest BCUT2D eigenvalue weighted by Crippen LogP contribution is 2.36. The van der Waals surface area contributed by atoms with Crippen LogP contribution in [0, 0.1) is 12.7 Å². The van der Waals surface area contributed by atoms with Gasteiger partial charge in [-0.05, 0) is 61.9 Å². The number of allylic oxidation sites excluding steroid dienone is 2. The fraction of sp³-hybridized carbons (Fsp3) is 0.259. The van der Waals surface area contributed by atoms with Crippen molar-refractivity contribution in [3.8, 4) is 5.75 Å². The van der Waals surface area contributed by atoms with Crippen LogP contribution in [0.2, 0.25) is 0 Å². The van der Waals surface area contributed by atoms with Crippen molar-refractivity contribution in [1.82, 2.24) is 9.88 Å². The molecule has 0 saturated heterocycles. The number of hydrogen-bond acceptors (Lipinski definition) is 4. The van der Waals surface area contributed by atoms with E-state index in [9.17, 15) is 9.90 Å². The molecule has 0 bridgehead atoms. The van der Waals surface area contributed by atoms with Gasteiger partial charge in [0.15, 0.2) is 0 Å². The molecule has 5 rings (SSSR count). The highest BCUT2D eigenvalue weighted by molar-refractivity contribution is 6.37. The van der Waals surface area contributed by atoms with Gasteiger partial charge in [-0.1, -0.05) is 31.5 Å². The number of nitrogens with one attached hydrogen (secondary N) is 1. The van der Waals surface area contributed by atoms with E-state index in [2.05, 4.69) is 10.3 Å². The number of aryl methyl sites for hydroxylation is 2. The molecule has 0 fully saturated rings. The van der Waals surface area contributed by atoms with Gasteiger partial charge in [0.05, 0.1) is 23.2 Å². The molecule has 0 saturated carbocycles. The lowest BCUT2D eigenvalue weighted by Crippen LogP contribution is -2.35. The Bertz CT molecular complexity index is 1390. The van der Waals surface area contributed by atoms with Crippen molar-refractivity contribution in [3.63, 3.8) is 0 Å². The molecular weight excluding hydrogens is 469 g/mol. The molecule has 2 heterocycles. The molecule has 8 heteroatoms. The molecule has 0 radical (unpaired) electrons. The standard InChI is InChI=1S/C25H21ClFN3O3.C2H6/c1-3-30-7-6-14-8-18(20(27)12-23(14)30)17-10-21-22(11-19(17)26)29-25(28-21)33-15-5-4-13(2)16(9-15)24(31)32;1-2/h4-12,21-22H,3H2,1-2H3,(H,28,29)(H,31,32);1-2H3.